The number of aryl methyl sites for hydroxylation is 1. The number of nitrogens with one attached hydrogen (secondary N) is 2. The van der Waals surface area contributed by atoms with E-state index in [2.05, 4.69) is 34.4 Å². The first-order valence-electron chi connectivity index (χ1n) is 7.11. The number of aromatic nitrogens is 2. The molecular weight excluding hydrogens is 240 g/mol. The first kappa shape index (κ1) is 15.7. The highest BCUT2D eigenvalue weighted by atomic mass is 16.3. The Labute approximate surface area is 115 Å². The van der Waals surface area contributed by atoms with Crippen molar-refractivity contribution < 1.29 is 5.11 Å². The zero-order valence-corrected chi connectivity index (χ0v) is 12.4. The van der Waals surface area contributed by atoms with Gasteiger partial charge in [-0.25, -0.2) is 4.98 Å². The van der Waals surface area contributed by atoms with Gasteiger partial charge in [-0.05, 0) is 19.8 Å². The molecule has 0 aliphatic rings. The highest BCUT2D eigenvalue weighted by Crippen LogP contribution is 2.16. The predicted octanol–water partition coefficient (Wildman–Crippen LogP) is 2.43. The van der Waals surface area contributed by atoms with E-state index in [4.69, 9.17) is 0 Å². The second-order valence-electron chi connectivity index (χ2n) is 4.78. The second-order valence-corrected chi connectivity index (χ2v) is 4.78. The summed E-state index contributed by atoms with van der Waals surface area (Å²) in [5, 5.41) is 16.4. The fourth-order valence-electron chi connectivity index (χ4n) is 2.07. The normalized spacial score (nSPS) is 12.5. The zero-order chi connectivity index (χ0) is 14.3. The van der Waals surface area contributed by atoms with Crippen molar-refractivity contribution >= 4 is 11.8 Å². The van der Waals surface area contributed by atoms with Gasteiger partial charge in [-0.15, -0.1) is 0 Å². The van der Waals surface area contributed by atoms with Crippen molar-refractivity contribution in [3.05, 3.63) is 11.8 Å². The third-order valence-electron chi connectivity index (χ3n) is 3.38. The summed E-state index contributed by atoms with van der Waals surface area (Å²) in [4.78, 5) is 8.60. The van der Waals surface area contributed by atoms with Crippen molar-refractivity contribution in [3.8, 4) is 0 Å². The smallest absolute Gasteiger partial charge is 0.224 e. The Balaban J connectivity index is 2.63. The fourth-order valence-corrected chi connectivity index (χ4v) is 2.07. The average Bonchev–Trinajstić information content (AvgIpc) is 2.41. The van der Waals surface area contributed by atoms with Crippen LogP contribution in [0.4, 0.5) is 11.8 Å². The lowest BCUT2D eigenvalue weighted by molar-refractivity contribution is 0.114. The molecule has 1 rings (SSSR count). The van der Waals surface area contributed by atoms with Crippen LogP contribution in [0.15, 0.2) is 6.20 Å². The SMILES string of the molecule is CCNc1ncc(C)c(NCC(O)C(CC)CC)n1. The number of rotatable bonds is 8. The molecule has 0 bridgehead atoms. The van der Waals surface area contributed by atoms with Gasteiger partial charge in [0.15, 0.2) is 0 Å². The maximum absolute atomic E-state index is 10.1. The highest BCUT2D eigenvalue weighted by molar-refractivity contribution is 5.46. The number of hydrogen-bond acceptors (Lipinski definition) is 5. The first-order valence-corrected chi connectivity index (χ1v) is 7.11. The third kappa shape index (κ3) is 4.67. The second kappa shape index (κ2) is 7.94. The van der Waals surface area contributed by atoms with E-state index in [0.29, 0.717) is 18.4 Å². The van der Waals surface area contributed by atoms with Crippen LogP contribution in [-0.4, -0.2) is 34.3 Å². The minimum Gasteiger partial charge on any atom is -0.391 e. The topological polar surface area (TPSA) is 70.1 Å². The number of aliphatic hydroxyl groups is 1. The maximum atomic E-state index is 10.1. The number of anilines is 2. The van der Waals surface area contributed by atoms with E-state index < -0.39 is 0 Å². The monoisotopic (exact) mass is 266 g/mol. The molecule has 1 unspecified atom stereocenters. The minimum absolute atomic E-state index is 0.336. The van der Waals surface area contributed by atoms with Gasteiger partial charge in [0.1, 0.15) is 5.82 Å². The predicted molar refractivity (Wildman–Crippen MR) is 79.5 cm³/mol. The van der Waals surface area contributed by atoms with Crippen LogP contribution >= 0.6 is 0 Å². The van der Waals surface area contributed by atoms with Crippen molar-refractivity contribution in [2.45, 2.75) is 46.6 Å². The van der Waals surface area contributed by atoms with Gasteiger partial charge in [-0.1, -0.05) is 26.7 Å². The number of hydrogen-bond donors (Lipinski definition) is 3. The number of nitrogens with zero attached hydrogens (tertiary/aromatic N) is 2. The van der Waals surface area contributed by atoms with Gasteiger partial charge < -0.3 is 15.7 Å². The summed E-state index contributed by atoms with van der Waals surface area (Å²) in [7, 11) is 0. The molecular formula is C14H26N4O. The molecule has 0 saturated heterocycles. The van der Waals surface area contributed by atoms with Crippen molar-refractivity contribution in [2.75, 3.05) is 23.7 Å². The van der Waals surface area contributed by atoms with Crippen LogP contribution in [0.2, 0.25) is 0 Å². The molecule has 1 aromatic heterocycles. The molecule has 1 atom stereocenters. The molecule has 0 aliphatic heterocycles. The van der Waals surface area contributed by atoms with E-state index in [0.717, 1.165) is 30.8 Å². The standard InChI is InChI=1S/C14H26N4O/c1-5-11(6-2)12(19)9-16-13-10(4)8-17-14(18-13)15-7-3/h8,11-12,19H,5-7,9H2,1-4H3,(H2,15,16,17,18). The lowest BCUT2D eigenvalue weighted by Crippen LogP contribution is -2.28. The molecule has 19 heavy (non-hydrogen) atoms. The highest BCUT2D eigenvalue weighted by Gasteiger charge is 2.15. The van der Waals surface area contributed by atoms with Crippen LogP contribution in [0.5, 0.6) is 0 Å². The van der Waals surface area contributed by atoms with E-state index in [-0.39, 0.29) is 6.10 Å². The number of aliphatic hydroxyl groups excluding tert-OH is 1. The molecule has 0 amide bonds. The summed E-state index contributed by atoms with van der Waals surface area (Å²) in [5.41, 5.74) is 0.985. The molecule has 1 heterocycles. The Hall–Kier alpha value is -1.36. The average molecular weight is 266 g/mol. The van der Waals surface area contributed by atoms with Crippen molar-refractivity contribution in [2.24, 2.45) is 5.92 Å². The van der Waals surface area contributed by atoms with E-state index in [9.17, 15) is 5.11 Å². The zero-order valence-electron chi connectivity index (χ0n) is 12.4. The Kier molecular flexibility index (Phi) is 6.56. The Morgan fingerprint density at radius 2 is 1.89 bits per heavy atom. The molecule has 0 spiro atoms. The van der Waals surface area contributed by atoms with Gasteiger partial charge in [0.05, 0.1) is 6.10 Å². The largest absolute Gasteiger partial charge is 0.391 e. The van der Waals surface area contributed by atoms with Crippen LogP contribution in [0.3, 0.4) is 0 Å². The summed E-state index contributed by atoms with van der Waals surface area (Å²) in [6.45, 7) is 9.50. The molecule has 0 aromatic carbocycles. The van der Waals surface area contributed by atoms with Crippen molar-refractivity contribution in [3.63, 3.8) is 0 Å². The van der Waals surface area contributed by atoms with Crippen LogP contribution in [0, 0.1) is 12.8 Å². The van der Waals surface area contributed by atoms with Gasteiger partial charge in [0.2, 0.25) is 5.95 Å². The molecule has 0 fully saturated rings. The fraction of sp³-hybridized carbons (Fsp3) is 0.714. The van der Waals surface area contributed by atoms with E-state index in [1.165, 1.54) is 0 Å². The summed E-state index contributed by atoms with van der Waals surface area (Å²) in [6, 6.07) is 0. The maximum Gasteiger partial charge on any atom is 0.224 e. The summed E-state index contributed by atoms with van der Waals surface area (Å²) in [6.07, 6.45) is 3.43. The van der Waals surface area contributed by atoms with E-state index in [1.54, 1.807) is 6.20 Å². The first-order chi connectivity index (χ1) is 9.12. The van der Waals surface area contributed by atoms with E-state index in [1.807, 2.05) is 13.8 Å². The summed E-state index contributed by atoms with van der Waals surface area (Å²) < 4.78 is 0. The molecule has 0 saturated carbocycles. The van der Waals surface area contributed by atoms with Crippen LogP contribution in [-0.2, 0) is 0 Å². The molecule has 3 N–H and O–H groups in total. The molecule has 0 aliphatic carbocycles. The van der Waals surface area contributed by atoms with Gasteiger partial charge in [0.25, 0.3) is 0 Å². The van der Waals surface area contributed by atoms with Gasteiger partial charge >= 0.3 is 0 Å². The van der Waals surface area contributed by atoms with Crippen LogP contribution in [0.25, 0.3) is 0 Å². The third-order valence-corrected chi connectivity index (χ3v) is 3.38. The molecule has 1 aromatic rings. The lowest BCUT2D eigenvalue weighted by Gasteiger charge is -2.21. The van der Waals surface area contributed by atoms with Crippen molar-refractivity contribution in [1.29, 1.82) is 0 Å². The molecule has 5 nitrogen and oxygen atoms in total. The Morgan fingerprint density at radius 3 is 2.47 bits per heavy atom. The lowest BCUT2D eigenvalue weighted by atomic mass is 9.96. The Bertz CT molecular complexity index is 380. The summed E-state index contributed by atoms with van der Waals surface area (Å²) in [5.74, 6) is 1.74. The van der Waals surface area contributed by atoms with Gasteiger partial charge in [-0.3, -0.25) is 0 Å². The summed E-state index contributed by atoms with van der Waals surface area (Å²) >= 11 is 0. The van der Waals surface area contributed by atoms with Crippen LogP contribution < -0.4 is 10.6 Å². The van der Waals surface area contributed by atoms with Crippen LogP contribution in [0.1, 0.15) is 39.2 Å². The minimum atomic E-state index is -0.341. The van der Waals surface area contributed by atoms with Gasteiger partial charge in [-0.2, -0.15) is 4.98 Å². The quantitative estimate of drug-likeness (QED) is 0.674. The van der Waals surface area contributed by atoms with E-state index >= 15 is 0 Å². The van der Waals surface area contributed by atoms with Crippen molar-refractivity contribution in [1.82, 2.24) is 9.97 Å². The molecule has 108 valence electrons. The molecule has 0 radical (unpaired) electrons. The molecule has 5 heteroatoms. The Morgan fingerprint density at radius 1 is 1.21 bits per heavy atom. The van der Waals surface area contributed by atoms with Gasteiger partial charge in [0, 0.05) is 24.8 Å².